The molecule has 0 saturated carbocycles. The van der Waals surface area contributed by atoms with Crippen LogP contribution in [0.3, 0.4) is 0 Å². The van der Waals surface area contributed by atoms with Crippen molar-refractivity contribution in [3.05, 3.63) is 35.9 Å². The fourth-order valence-electron chi connectivity index (χ4n) is 4.35. The van der Waals surface area contributed by atoms with E-state index in [0.29, 0.717) is 26.1 Å². The van der Waals surface area contributed by atoms with Crippen LogP contribution in [0.2, 0.25) is 0 Å². The van der Waals surface area contributed by atoms with Gasteiger partial charge < -0.3 is 10.2 Å². The van der Waals surface area contributed by atoms with Crippen molar-refractivity contribution < 1.29 is 19.2 Å². The molecule has 1 aromatic rings. The Balaban J connectivity index is 1.47. The van der Waals surface area contributed by atoms with Crippen molar-refractivity contribution >= 4 is 23.6 Å². The molecule has 8 heteroatoms. The van der Waals surface area contributed by atoms with Crippen molar-refractivity contribution in [1.82, 2.24) is 20.0 Å². The van der Waals surface area contributed by atoms with Gasteiger partial charge in [-0.25, -0.2) is 0 Å². The molecule has 4 amide bonds. The number of amides is 4. The van der Waals surface area contributed by atoms with Gasteiger partial charge in [-0.2, -0.15) is 0 Å². The van der Waals surface area contributed by atoms with Crippen LogP contribution in [0.4, 0.5) is 0 Å². The van der Waals surface area contributed by atoms with E-state index in [1.165, 1.54) is 9.80 Å². The lowest BCUT2D eigenvalue weighted by atomic mass is 9.91. The van der Waals surface area contributed by atoms with E-state index >= 15 is 0 Å². The van der Waals surface area contributed by atoms with Crippen molar-refractivity contribution in [2.45, 2.75) is 25.4 Å². The first kappa shape index (κ1) is 18.6. The van der Waals surface area contributed by atoms with Crippen LogP contribution >= 0.6 is 0 Å². The van der Waals surface area contributed by atoms with Crippen LogP contribution in [-0.2, 0) is 25.7 Å². The molecule has 3 saturated heterocycles. The third-order valence-corrected chi connectivity index (χ3v) is 5.75. The highest BCUT2D eigenvalue weighted by Gasteiger charge is 2.51. The summed E-state index contributed by atoms with van der Waals surface area (Å²) in [6.07, 6.45) is 1.43. The highest BCUT2D eigenvalue weighted by molar-refractivity contribution is 6.07. The zero-order chi connectivity index (χ0) is 19.7. The minimum absolute atomic E-state index is 0.0494. The number of piperazine rings is 1. The SMILES string of the molecule is O=C1CN(C(=O)CN2CCC[C@H]3C(=O)N(Cc4ccccc4)C(=O)[C@H]32)CCN1. The van der Waals surface area contributed by atoms with E-state index in [9.17, 15) is 19.2 Å². The molecule has 3 aliphatic rings. The number of hydrogen-bond donors (Lipinski definition) is 1. The van der Waals surface area contributed by atoms with Crippen molar-refractivity contribution in [1.29, 1.82) is 0 Å². The van der Waals surface area contributed by atoms with E-state index in [1.807, 2.05) is 35.2 Å². The molecule has 28 heavy (non-hydrogen) atoms. The van der Waals surface area contributed by atoms with Gasteiger partial charge in [-0.05, 0) is 24.9 Å². The summed E-state index contributed by atoms with van der Waals surface area (Å²) < 4.78 is 0. The Morgan fingerprint density at radius 3 is 2.61 bits per heavy atom. The average molecular weight is 384 g/mol. The van der Waals surface area contributed by atoms with E-state index in [1.54, 1.807) is 0 Å². The molecule has 3 fully saturated rings. The van der Waals surface area contributed by atoms with E-state index in [4.69, 9.17) is 0 Å². The van der Waals surface area contributed by atoms with Crippen LogP contribution in [0.1, 0.15) is 18.4 Å². The van der Waals surface area contributed by atoms with Gasteiger partial charge in [0.15, 0.2) is 0 Å². The highest BCUT2D eigenvalue weighted by Crippen LogP contribution is 2.33. The summed E-state index contributed by atoms with van der Waals surface area (Å²) in [5.74, 6) is -1.09. The van der Waals surface area contributed by atoms with Gasteiger partial charge in [0, 0.05) is 13.1 Å². The van der Waals surface area contributed by atoms with Crippen molar-refractivity contribution in [2.24, 2.45) is 5.92 Å². The minimum Gasteiger partial charge on any atom is -0.353 e. The van der Waals surface area contributed by atoms with E-state index in [-0.39, 0.29) is 49.2 Å². The topological polar surface area (TPSA) is 90.0 Å². The van der Waals surface area contributed by atoms with Crippen LogP contribution in [0.5, 0.6) is 0 Å². The largest absolute Gasteiger partial charge is 0.353 e. The number of fused-ring (bicyclic) bond motifs is 1. The first-order valence-corrected chi connectivity index (χ1v) is 9.72. The van der Waals surface area contributed by atoms with Crippen LogP contribution in [0.25, 0.3) is 0 Å². The molecule has 8 nitrogen and oxygen atoms in total. The van der Waals surface area contributed by atoms with E-state index < -0.39 is 6.04 Å². The van der Waals surface area contributed by atoms with Crippen LogP contribution in [0.15, 0.2) is 30.3 Å². The lowest BCUT2D eigenvalue weighted by Gasteiger charge is -2.36. The maximum absolute atomic E-state index is 13.0. The molecule has 1 aromatic carbocycles. The van der Waals surface area contributed by atoms with E-state index in [0.717, 1.165) is 12.0 Å². The van der Waals surface area contributed by atoms with Gasteiger partial charge in [-0.15, -0.1) is 0 Å². The molecule has 4 rings (SSSR count). The molecule has 3 heterocycles. The molecule has 0 unspecified atom stereocenters. The maximum atomic E-state index is 13.0. The predicted octanol–water partition coefficient (Wildman–Crippen LogP) is -0.406. The number of rotatable bonds is 4. The quantitative estimate of drug-likeness (QED) is 0.713. The molecular weight excluding hydrogens is 360 g/mol. The number of hydrogen-bond acceptors (Lipinski definition) is 5. The fraction of sp³-hybridized carbons (Fsp3) is 0.500. The number of carbonyl (C=O) groups is 4. The molecule has 2 atom stereocenters. The summed E-state index contributed by atoms with van der Waals surface area (Å²) in [6.45, 7) is 1.89. The third-order valence-electron chi connectivity index (χ3n) is 5.75. The number of piperidine rings is 1. The average Bonchev–Trinajstić information content (AvgIpc) is 2.94. The van der Waals surface area contributed by atoms with Crippen molar-refractivity contribution in [3.8, 4) is 0 Å². The summed E-state index contributed by atoms with van der Waals surface area (Å²) in [4.78, 5) is 54.8. The number of benzene rings is 1. The lowest BCUT2D eigenvalue weighted by Crippen LogP contribution is -2.55. The molecule has 3 aliphatic heterocycles. The van der Waals surface area contributed by atoms with E-state index in [2.05, 4.69) is 5.32 Å². The van der Waals surface area contributed by atoms with Crippen molar-refractivity contribution in [2.75, 3.05) is 32.7 Å². The maximum Gasteiger partial charge on any atom is 0.247 e. The molecule has 0 aromatic heterocycles. The molecule has 0 aliphatic carbocycles. The van der Waals surface area contributed by atoms with Crippen LogP contribution in [-0.4, -0.2) is 77.1 Å². The summed E-state index contributed by atoms with van der Waals surface area (Å²) in [6, 6.07) is 8.87. The fourth-order valence-corrected chi connectivity index (χ4v) is 4.35. The number of imide groups is 1. The van der Waals surface area contributed by atoms with Gasteiger partial charge in [0.05, 0.1) is 25.6 Å². The van der Waals surface area contributed by atoms with Gasteiger partial charge >= 0.3 is 0 Å². The Kier molecular flexibility index (Phi) is 5.13. The Labute approximate surface area is 163 Å². The standard InChI is InChI=1S/C20H24N4O4/c25-16-12-22(10-8-21-16)17(26)13-23-9-4-7-15-18(23)20(28)24(19(15)27)11-14-5-2-1-3-6-14/h1-3,5-6,15,18H,4,7-13H2,(H,21,25)/t15-,18+/m1/s1. The highest BCUT2D eigenvalue weighted by atomic mass is 16.2. The summed E-state index contributed by atoms with van der Waals surface area (Å²) >= 11 is 0. The molecular formula is C20H24N4O4. The lowest BCUT2D eigenvalue weighted by molar-refractivity contribution is -0.142. The van der Waals surface area contributed by atoms with Gasteiger partial charge in [0.2, 0.25) is 23.6 Å². The molecule has 0 radical (unpaired) electrons. The van der Waals surface area contributed by atoms with Crippen LogP contribution < -0.4 is 5.32 Å². The molecule has 1 N–H and O–H groups in total. The van der Waals surface area contributed by atoms with Gasteiger partial charge in [0.1, 0.15) is 6.04 Å². The molecule has 148 valence electrons. The Morgan fingerprint density at radius 2 is 1.86 bits per heavy atom. The van der Waals surface area contributed by atoms with Gasteiger partial charge in [-0.1, -0.05) is 30.3 Å². The monoisotopic (exact) mass is 384 g/mol. The van der Waals surface area contributed by atoms with Gasteiger partial charge in [-0.3, -0.25) is 29.0 Å². The second-order valence-corrected chi connectivity index (χ2v) is 7.58. The van der Waals surface area contributed by atoms with Gasteiger partial charge in [0.25, 0.3) is 0 Å². The smallest absolute Gasteiger partial charge is 0.247 e. The number of carbonyl (C=O) groups excluding carboxylic acids is 4. The predicted molar refractivity (Wildman–Crippen MR) is 99.7 cm³/mol. The first-order valence-electron chi connectivity index (χ1n) is 9.72. The zero-order valence-electron chi connectivity index (χ0n) is 15.7. The minimum atomic E-state index is -0.576. The summed E-state index contributed by atoms with van der Waals surface area (Å²) in [5.41, 5.74) is 0.907. The Bertz CT molecular complexity index is 797. The second-order valence-electron chi connectivity index (χ2n) is 7.58. The van der Waals surface area contributed by atoms with Crippen molar-refractivity contribution in [3.63, 3.8) is 0 Å². The third kappa shape index (κ3) is 3.52. The number of likely N-dealkylation sites (tertiary alicyclic amines) is 2. The first-order chi connectivity index (χ1) is 13.5. The summed E-state index contributed by atoms with van der Waals surface area (Å²) in [5, 5.41) is 2.70. The number of nitrogens with zero attached hydrogens (tertiary/aromatic N) is 3. The zero-order valence-corrected chi connectivity index (χ0v) is 15.7. The normalized spacial score (nSPS) is 25.6. The Hall–Kier alpha value is -2.74. The summed E-state index contributed by atoms with van der Waals surface area (Å²) in [7, 11) is 0. The Morgan fingerprint density at radius 1 is 1.07 bits per heavy atom. The molecule has 0 bridgehead atoms. The number of nitrogens with one attached hydrogen (secondary N) is 1. The molecule has 0 spiro atoms. The second kappa shape index (κ2) is 7.71. The van der Waals surface area contributed by atoms with Crippen LogP contribution in [0, 0.1) is 5.92 Å².